The quantitative estimate of drug-likeness (QED) is 0.718. The summed E-state index contributed by atoms with van der Waals surface area (Å²) in [5.74, 6) is 0.528. The smallest absolute Gasteiger partial charge is 0.407 e. The van der Waals surface area contributed by atoms with Crippen molar-refractivity contribution in [2.45, 2.75) is 39.7 Å². The Morgan fingerprint density at radius 2 is 2.12 bits per heavy atom. The molecule has 140 valence electrons. The van der Waals surface area contributed by atoms with Crippen LogP contribution in [0.15, 0.2) is 12.1 Å². The predicted molar refractivity (Wildman–Crippen MR) is 108 cm³/mol. The van der Waals surface area contributed by atoms with E-state index < -0.39 is 11.7 Å². The van der Waals surface area contributed by atoms with Crippen molar-refractivity contribution < 1.29 is 9.53 Å². The van der Waals surface area contributed by atoms with Crippen molar-refractivity contribution in [1.29, 1.82) is 0 Å². The fourth-order valence-electron chi connectivity index (χ4n) is 3.12. The molecule has 1 aromatic heterocycles. The molecule has 0 fully saturated rings. The SMILES string of the molecule is CC1C=c2[nH]c3c(NCCNC(=O)OC(C)(C)C)cc(Cl)cc3c2=CC1. The van der Waals surface area contributed by atoms with Gasteiger partial charge in [0.05, 0.1) is 11.2 Å². The predicted octanol–water partition coefficient (Wildman–Crippen LogP) is 3.36. The molecule has 1 aliphatic carbocycles. The highest BCUT2D eigenvalue weighted by Gasteiger charge is 2.15. The zero-order valence-electron chi connectivity index (χ0n) is 15.7. The molecule has 1 heterocycles. The fraction of sp³-hybridized carbons (Fsp3) is 0.450. The van der Waals surface area contributed by atoms with Crippen LogP contribution >= 0.6 is 11.6 Å². The third-order valence-electron chi connectivity index (χ3n) is 4.20. The topological polar surface area (TPSA) is 66.2 Å². The summed E-state index contributed by atoms with van der Waals surface area (Å²) >= 11 is 6.32. The molecule has 0 saturated carbocycles. The number of benzene rings is 1. The second-order valence-electron chi connectivity index (χ2n) is 7.77. The second-order valence-corrected chi connectivity index (χ2v) is 8.20. The van der Waals surface area contributed by atoms with Crippen LogP contribution < -0.4 is 21.2 Å². The van der Waals surface area contributed by atoms with Gasteiger partial charge in [-0.25, -0.2) is 4.79 Å². The summed E-state index contributed by atoms with van der Waals surface area (Å²) in [6, 6.07) is 3.90. The van der Waals surface area contributed by atoms with E-state index in [0.717, 1.165) is 28.4 Å². The minimum atomic E-state index is -0.496. The summed E-state index contributed by atoms with van der Waals surface area (Å²) in [7, 11) is 0. The highest BCUT2D eigenvalue weighted by Crippen LogP contribution is 2.24. The van der Waals surface area contributed by atoms with Gasteiger partial charge in [-0.05, 0) is 45.2 Å². The van der Waals surface area contributed by atoms with Crippen LogP contribution in [0.25, 0.3) is 23.1 Å². The number of halogens is 1. The number of nitrogens with one attached hydrogen (secondary N) is 3. The average Bonchev–Trinajstić information content (AvgIpc) is 2.87. The first-order valence-electron chi connectivity index (χ1n) is 8.97. The van der Waals surface area contributed by atoms with E-state index in [2.05, 4.69) is 34.7 Å². The van der Waals surface area contributed by atoms with Crippen molar-refractivity contribution in [3.8, 4) is 0 Å². The molecule has 1 amide bonds. The van der Waals surface area contributed by atoms with Crippen LogP contribution in [-0.4, -0.2) is 29.8 Å². The molecule has 1 unspecified atom stereocenters. The number of alkyl carbamates (subject to hydrolysis) is 1. The summed E-state index contributed by atoms with van der Waals surface area (Å²) in [6.07, 6.45) is 5.15. The Labute approximate surface area is 158 Å². The van der Waals surface area contributed by atoms with Gasteiger partial charge in [-0.3, -0.25) is 0 Å². The maximum absolute atomic E-state index is 11.7. The number of anilines is 1. The van der Waals surface area contributed by atoms with E-state index in [1.54, 1.807) is 0 Å². The molecule has 3 N–H and O–H groups in total. The number of hydrogen-bond acceptors (Lipinski definition) is 3. The Morgan fingerprint density at radius 1 is 1.35 bits per heavy atom. The Balaban J connectivity index is 1.73. The molecule has 0 spiro atoms. The zero-order valence-corrected chi connectivity index (χ0v) is 16.5. The fourth-order valence-corrected chi connectivity index (χ4v) is 3.34. The third kappa shape index (κ3) is 4.33. The lowest BCUT2D eigenvalue weighted by atomic mass is 10.0. The van der Waals surface area contributed by atoms with Crippen LogP contribution in [0, 0.1) is 5.92 Å². The number of aromatic nitrogens is 1. The molecule has 1 aromatic carbocycles. The first kappa shape index (κ1) is 18.6. The Morgan fingerprint density at radius 3 is 2.85 bits per heavy atom. The lowest BCUT2D eigenvalue weighted by Crippen LogP contribution is -2.35. The molecule has 6 heteroatoms. The number of H-pyrrole nitrogens is 1. The largest absolute Gasteiger partial charge is 0.444 e. The minimum absolute atomic E-state index is 0.413. The molecule has 3 rings (SSSR count). The van der Waals surface area contributed by atoms with Gasteiger partial charge in [-0.15, -0.1) is 0 Å². The Kier molecular flexibility index (Phi) is 5.19. The van der Waals surface area contributed by atoms with Crippen molar-refractivity contribution >= 4 is 46.4 Å². The van der Waals surface area contributed by atoms with Gasteiger partial charge in [-0.1, -0.05) is 30.7 Å². The van der Waals surface area contributed by atoms with Gasteiger partial charge in [0.1, 0.15) is 5.60 Å². The molecular formula is C20H26ClN3O2. The summed E-state index contributed by atoms with van der Waals surface area (Å²) in [5.41, 5.74) is 1.48. The van der Waals surface area contributed by atoms with Crippen molar-refractivity contribution in [3.05, 3.63) is 27.7 Å². The van der Waals surface area contributed by atoms with E-state index in [-0.39, 0.29) is 0 Å². The van der Waals surface area contributed by atoms with E-state index in [1.165, 1.54) is 5.22 Å². The second kappa shape index (κ2) is 7.23. The van der Waals surface area contributed by atoms with E-state index >= 15 is 0 Å². The number of amides is 1. The van der Waals surface area contributed by atoms with Gasteiger partial charge in [0, 0.05) is 34.1 Å². The number of carbonyl (C=O) groups is 1. The zero-order chi connectivity index (χ0) is 18.9. The molecular weight excluding hydrogens is 350 g/mol. The number of aromatic amines is 1. The summed E-state index contributed by atoms with van der Waals surface area (Å²) in [6.45, 7) is 8.76. The maximum Gasteiger partial charge on any atom is 0.407 e. The number of carbonyl (C=O) groups excluding carboxylic acids is 1. The molecule has 2 aromatic rings. The van der Waals surface area contributed by atoms with Crippen molar-refractivity contribution in [3.63, 3.8) is 0 Å². The maximum atomic E-state index is 11.7. The van der Waals surface area contributed by atoms with E-state index in [1.807, 2.05) is 32.9 Å². The van der Waals surface area contributed by atoms with Gasteiger partial charge in [0.2, 0.25) is 0 Å². The molecule has 0 radical (unpaired) electrons. The highest BCUT2D eigenvalue weighted by molar-refractivity contribution is 6.31. The van der Waals surface area contributed by atoms with Crippen LogP contribution in [0.3, 0.4) is 0 Å². The molecule has 0 saturated heterocycles. The average molecular weight is 376 g/mol. The molecule has 1 atom stereocenters. The number of ether oxygens (including phenoxy) is 1. The van der Waals surface area contributed by atoms with Gasteiger partial charge in [0.15, 0.2) is 0 Å². The van der Waals surface area contributed by atoms with Crippen LogP contribution in [0.1, 0.15) is 34.1 Å². The van der Waals surface area contributed by atoms with Crippen LogP contribution in [-0.2, 0) is 4.74 Å². The van der Waals surface area contributed by atoms with E-state index in [9.17, 15) is 4.79 Å². The van der Waals surface area contributed by atoms with Crippen molar-refractivity contribution in [1.82, 2.24) is 10.3 Å². The Bertz CT molecular complexity index is 941. The van der Waals surface area contributed by atoms with Gasteiger partial charge in [0.25, 0.3) is 0 Å². The monoisotopic (exact) mass is 375 g/mol. The van der Waals surface area contributed by atoms with Crippen molar-refractivity contribution in [2.24, 2.45) is 5.92 Å². The molecule has 5 nitrogen and oxygen atoms in total. The summed E-state index contributed by atoms with van der Waals surface area (Å²) in [5, 5.41) is 10.3. The molecule has 0 aliphatic heterocycles. The molecule has 1 aliphatic rings. The van der Waals surface area contributed by atoms with Crippen molar-refractivity contribution in [2.75, 3.05) is 18.4 Å². The van der Waals surface area contributed by atoms with Crippen LogP contribution in [0.2, 0.25) is 5.02 Å². The third-order valence-corrected chi connectivity index (χ3v) is 4.41. The minimum Gasteiger partial charge on any atom is -0.444 e. The highest BCUT2D eigenvalue weighted by atomic mass is 35.5. The lowest BCUT2D eigenvalue weighted by molar-refractivity contribution is 0.0530. The van der Waals surface area contributed by atoms with Gasteiger partial charge in [-0.2, -0.15) is 0 Å². The van der Waals surface area contributed by atoms with Crippen LogP contribution in [0.4, 0.5) is 10.5 Å². The number of rotatable bonds is 4. The van der Waals surface area contributed by atoms with E-state index in [0.29, 0.717) is 24.0 Å². The summed E-state index contributed by atoms with van der Waals surface area (Å²) < 4.78 is 5.23. The number of fused-ring (bicyclic) bond motifs is 3. The first-order valence-corrected chi connectivity index (χ1v) is 9.35. The number of hydrogen-bond donors (Lipinski definition) is 3. The Hall–Kier alpha value is -2.14. The van der Waals surface area contributed by atoms with E-state index in [4.69, 9.17) is 16.3 Å². The standard InChI is InChI=1S/C20H26ClN3O2/c1-12-5-6-14-15-10-13(21)11-17(18(15)24-16(14)9-12)22-7-8-23-19(25)26-20(2,3)4/h6,9-12,22,24H,5,7-8H2,1-4H3,(H,23,25). The van der Waals surface area contributed by atoms with Gasteiger partial charge >= 0.3 is 6.09 Å². The summed E-state index contributed by atoms with van der Waals surface area (Å²) in [4.78, 5) is 15.2. The van der Waals surface area contributed by atoms with Gasteiger partial charge < -0.3 is 20.4 Å². The van der Waals surface area contributed by atoms with Crippen LogP contribution in [0.5, 0.6) is 0 Å². The molecule has 26 heavy (non-hydrogen) atoms. The normalized spacial score (nSPS) is 16.4. The first-order chi connectivity index (χ1) is 12.2. The molecule has 0 bridgehead atoms. The lowest BCUT2D eigenvalue weighted by Gasteiger charge is -2.19.